The molecular formula is C20H25F2NO2. The molecule has 0 spiro atoms. The van der Waals surface area contributed by atoms with Gasteiger partial charge in [-0.15, -0.1) is 0 Å². The molecule has 1 aliphatic heterocycles. The van der Waals surface area contributed by atoms with Gasteiger partial charge in [-0.2, -0.15) is 5.26 Å². The number of ether oxygens (including phenoxy) is 2. The third kappa shape index (κ3) is 4.56. The quantitative estimate of drug-likeness (QED) is 0.759. The summed E-state index contributed by atoms with van der Waals surface area (Å²) in [6, 6.07) is 3.76. The Kier molecular flexibility index (Phi) is 6.03. The summed E-state index contributed by atoms with van der Waals surface area (Å²) in [5.74, 6) is 0.266. The summed E-state index contributed by atoms with van der Waals surface area (Å²) in [6.45, 7) is 3.40. The first-order valence-corrected chi connectivity index (χ1v) is 9.19. The fourth-order valence-electron chi connectivity index (χ4n) is 3.83. The predicted octanol–water partition coefficient (Wildman–Crippen LogP) is 5.10. The molecule has 1 saturated heterocycles. The van der Waals surface area contributed by atoms with E-state index in [0.29, 0.717) is 19.1 Å². The third-order valence-corrected chi connectivity index (χ3v) is 5.53. The molecule has 1 saturated carbocycles. The van der Waals surface area contributed by atoms with Gasteiger partial charge in [-0.3, -0.25) is 0 Å². The van der Waals surface area contributed by atoms with E-state index in [4.69, 9.17) is 14.7 Å². The first kappa shape index (κ1) is 18.3. The van der Waals surface area contributed by atoms with Gasteiger partial charge in [0.2, 0.25) is 0 Å². The first-order valence-electron chi connectivity index (χ1n) is 9.19. The lowest BCUT2D eigenvalue weighted by Gasteiger charge is -2.32. The van der Waals surface area contributed by atoms with E-state index in [0.717, 1.165) is 30.4 Å². The Morgan fingerprint density at radius 2 is 1.56 bits per heavy atom. The van der Waals surface area contributed by atoms with Crippen LogP contribution in [0.5, 0.6) is 0 Å². The molecule has 1 heterocycles. The van der Waals surface area contributed by atoms with Crippen LogP contribution in [0.1, 0.15) is 62.9 Å². The molecule has 0 aromatic heterocycles. The molecule has 1 aromatic rings. The molecule has 0 N–H and O–H groups in total. The van der Waals surface area contributed by atoms with Crippen LogP contribution < -0.4 is 0 Å². The fourth-order valence-corrected chi connectivity index (χ4v) is 3.83. The molecule has 0 unspecified atom stereocenters. The average Bonchev–Trinajstić information content (AvgIpc) is 2.61. The minimum atomic E-state index is -0.877. The molecule has 0 bridgehead atoms. The molecular weight excluding hydrogens is 324 g/mol. The Bertz CT molecular complexity index is 604. The second-order valence-corrected chi connectivity index (χ2v) is 7.54. The summed E-state index contributed by atoms with van der Waals surface area (Å²) in [5.41, 5.74) is -0.284. The maximum atomic E-state index is 13.7. The molecule has 0 amide bonds. The second-order valence-electron chi connectivity index (χ2n) is 7.54. The lowest BCUT2D eigenvalue weighted by molar-refractivity contribution is -0.206. The Morgan fingerprint density at radius 1 is 1.00 bits per heavy atom. The summed E-state index contributed by atoms with van der Waals surface area (Å²) in [5, 5.41) is 8.72. The highest BCUT2D eigenvalue weighted by atomic mass is 19.1. The van der Waals surface area contributed by atoms with Crippen molar-refractivity contribution in [2.24, 2.45) is 17.8 Å². The SMILES string of the molecule is CC1CCC(CCC2COC(c3cc(F)c(C#N)c(F)c3)OC2)CC1. The average molecular weight is 349 g/mol. The number of halogens is 2. The zero-order chi connectivity index (χ0) is 17.8. The van der Waals surface area contributed by atoms with Crippen LogP contribution in [0.25, 0.3) is 0 Å². The van der Waals surface area contributed by atoms with Crippen LogP contribution in [0, 0.1) is 40.7 Å². The molecule has 2 aliphatic rings. The number of hydrogen-bond donors (Lipinski definition) is 0. The van der Waals surface area contributed by atoms with Crippen molar-refractivity contribution in [2.75, 3.05) is 13.2 Å². The molecule has 2 fully saturated rings. The zero-order valence-electron chi connectivity index (χ0n) is 14.6. The summed E-state index contributed by atoms with van der Waals surface area (Å²) in [6.07, 6.45) is 6.82. The van der Waals surface area contributed by atoms with Crippen molar-refractivity contribution in [3.8, 4) is 6.07 Å². The Hall–Kier alpha value is -1.51. The molecule has 5 heteroatoms. The van der Waals surface area contributed by atoms with Gasteiger partial charge in [0.05, 0.1) is 13.2 Å². The predicted molar refractivity (Wildman–Crippen MR) is 89.6 cm³/mol. The molecule has 136 valence electrons. The lowest BCUT2D eigenvalue weighted by atomic mass is 9.80. The van der Waals surface area contributed by atoms with Gasteiger partial charge in [-0.25, -0.2) is 8.78 Å². The minimum Gasteiger partial charge on any atom is -0.348 e. The van der Waals surface area contributed by atoms with E-state index < -0.39 is 23.5 Å². The van der Waals surface area contributed by atoms with E-state index in [1.54, 1.807) is 0 Å². The highest BCUT2D eigenvalue weighted by Crippen LogP contribution is 2.34. The maximum absolute atomic E-state index is 13.7. The molecule has 3 rings (SSSR count). The first-order chi connectivity index (χ1) is 12.1. The number of benzene rings is 1. The van der Waals surface area contributed by atoms with Crippen LogP contribution in [0.3, 0.4) is 0 Å². The second kappa shape index (κ2) is 8.25. The lowest BCUT2D eigenvalue weighted by Crippen LogP contribution is -2.28. The third-order valence-electron chi connectivity index (χ3n) is 5.53. The van der Waals surface area contributed by atoms with Crippen molar-refractivity contribution in [1.29, 1.82) is 5.26 Å². The molecule has 1 aromatic carbocycles. The van der Waals surface area contributed by atoms with E-state index >= 15 is 0 Å². The van der Waals surface area contributed by atoms with Crippen LogP contribution in [0.4, 0.5) is 8.78 Å². The van der Waals surface area contributed by atoms with Gasteiger partial charge in [0.15, 0.2) is 6.29 Å². The maximum Gasteiger partial charge on any atom is 0.184 e. The van der Waals surface area contributed by atoms with Gasteiger partial charge in [-0.05, 0) is 30.4 Å². The van der Waals surface area contributed by atoms with Crippen molar-refractivity contribution in [3.05, 3.63) is 34.9 Å². The van der Waals surface area contributed by atoms with Crippen molar-refractivity contribution < 1.29 is 18.3 Å². The van der Waals surface area contributed by atoms with Gasteiger partial charge in [0.25, 0.3) is 0 Å². The molecule has 3 nitrogen and oxygen atoms in total. The molecule has 25 heavy (non-hydrogen) atoms. The largest absolute Gasteiger partial charge is 0.348 e. The van der Waals surface area contributed by atoms with E-state index in [9.17, 15) is 8.78 Å². The molecule has 1 aliphatic carbocycles. The summed E-state index contributed by atoms with van der Waals surface area (Å²) < 4.78 is 38.8. The van der Waals surface area contributed by atoms with Crippen LogP contribution in [0.2, 0.25) is 0 Å². The van der Waals surface area contributed by atoms with Crippen LogP contribution in [0.15, 0.2) is 12.1 Å². The summed E-state index contributed by atoms with van der Waals surface area (Å²) >= 11 is 0. The minimum absolute atomic E-state index is 0.286. The highest BCUT2D eigenvalue weighted by molar-refractivity contribution is 5.35. The van der Waals surface area contributed by atoms with Crippen LogP contribution >= 0.6 is 0 Å². The highest BCUT2D eigenvalue weighted by Gasteiger charge is 2.27. The van der Waals surface area contributed by atoms with Gasteiger partial charge in [0.1, 0.15) is 23.3 Å². The van der Waals surface area contributed by atoms with Crippen LogP contribution in [-0.2, 0) is 9.47 Å². The van der Waals surface area contributed by atoms with Gasteiger partial charge in [-0.1, -0.05) is 39.0 Å². The summed E-state index contributed by atoms with van der Waals surface area (Å²) in [7, 11) is 0. The van der Waals surface area contributed by atoms with Gasteiger partial charge >= 0.3 is 0 Å². The van der Waals surface area contributed by atoms with Crippen molar-refractivity contribution in [2.45, 2.75) is 51.7 Å². The topological polar surface area (TPSA) is 42.2 Å². The van der Waals surface area contributed by atoms with Gasteiger partial charge in [0, 0.05) is 11.5 Å². The van der Waals surface area contributed by atoms with E-state index in [1.807, 2.05) is 0 Å². The Labute approximate surface area is 147 Å². The number of hydrogen-bond acceptors (Lipinski definition) is 3. The van der Waals surface area contributed by atoms with Crippen molar-refractivity contribution >= 4 is 0 Å². The fraction of sp³-hybridized carbons (Fsp3) is 0.650. The number of nitriles is 1. The summed E-state index contributed by atoms with van der Waals surface area (Å²) in [4.78, 5) is 0. The van der Waals surface area contributed by atoms with E-state index in [-0.39, 0.29) is 5.56 Å². The molecule has 0 radical (unpaired) electrons. The Morgan fingerprint density at radius 3 is 2.12 bits per heavy atom. The van der Waals surface area contributed by atoms with E-state index in [2.05, 4.69) is 6.92 Å². The smallest absolute Gasteiger partial charge is 0.184 e. The number of nitrogens with zero attached hydrogens (tertiary/aromatic N) is 1. The number of rotatable bonds is 4. The van der Waals surface area contributed by atoms with Crippen molar-refractivity contribution in [3.63, 3.8) is 0 Å². The standard InChI is InChI=1S/C20H25F2NO2/c1-13-2-4-14(5-3-13)6-7-15-11-24-20(25-12-15)16-8-18(21)17(10-23)19(22)9-16/h8-9,13-15,20H,2-7,11-12H2,1H3. The normalized spacial score (nSPS) is 30.0. The monoisotopic (exact) mass is 349 g/mol. The molecule has 0 atom stereocenters. The van der Waals surface area contributed by atoms with Crippen molar-refractivity contribution in [1.82, 2.24) is 0 Å². The zero-order valence-corrected chi connectivity index (χ0v) is 14.6. The van der Waals surface area contributed by atoms with Gasteiger partial charge < -0.3 is 9.47 Å². The Balaban J connectivity index is 1.48. The van der Waals surface area contributed by atoms with Crippen LogP contribution in [-0.4, -0.2) is 13.2 Å². The van der Waals surface area contributed by atoms with E-state index in [1.165, 1.54) is 38.2 Å².